The first-order valence-corrected chi connectivity index (χ1v) is 13.1. The number of hydrogen-bond donors (Lipinski definition) is 4. The molecule has 1 atom stereocenters. The Kier molecular flexibility index (Phi) is 6.79. The number of amides is 1. The van der Waals surface area contributed by atoms with Crippen molar-refractivity contribution in [2.45, 2.75) is 55.9 Å². The summed E-state index contributed by atoms with van der Waals surface area (Å²) in [6, 6.07) is 6.96. The van der Waals surface area contributed by atoms with Crippen LogP contribution in [-0.4, -0.2) is 74.7 Å². The molecule has 0 radical (unpaired) electrons. The molecule has 1 unspecified atom stereocenters. The minimum atomic E-state index is -0.939. The number of fused-ring (bicyclic) bond motifs is 5. The zero-order valence-electron chi connectivity index (χ0n) is 21.3. The zero-order valence-corrected chi connectivity index (χ0v) is 21.3. The summed E-state index contributed by atoms with van der Waals surface area (Å²) in [5.74, 6) is 0.449. The molecule has 12 heteroatoms. The monoisotopic (exact) mass is 539 g/mol. The smallest absolute Gasteiger partial charge is 0.263 e. The topological polar surface area (TPSA) is 148 Å². The first-order chi connectivity index (χ1) is 18.9. The van der Waals surface area contributed by atoms with Crippen LogP contribution in [0.5, 0.6) is 11.6 Å². The summed E-state index contributed by atoms with van der Waals surface area (Å²) in [5.41, 5.74) is 0.811. The lowest BCUT2D eigenvalue weighted by atomic mass is 9.68. The van der Waals surface area contributed by atoms with Crippen LogP contribution < -0.4 is 20.1 Å². The van der Waals surface area contributed by atoms with Crippen LogP contribution in [0.3, 0.4) is 0 Å². The van der Waals surface area contributed by atoms with Gasteiger partial charge in [0.25, 0.3) is 5.91 Å². The van der Waals surface area contributed by atoms with E-state index in [0.29, 0.717) is 48.6 Å². The number of aliphatic hydroxyl groups excluding tert-OH is 2. The van der Waals surface area contributed by atoms with Gasteiger partial charge in [-0.1, -0.05) is 0 Å². The van der Waals surface area contributed by atoms with Gasteiger partial charge >= 0.3 is 0 Å². The molecule has 0 spiro atoms. The van der Waals surface area contributed by atoms with Crippen LogP contribution in [0.25, 0.3) is 11.0 Å². The minimum Gasteiger partial charge on any atom is -0.480 e. The summed E-state index contributed by atoms with van der Waals surface area (Å²) in [6.07, 6.45) is 3.02. The van der Waals surface area contributed by atoms with Gasteiger partial charge in [-0.25, -0.2) is 14.4 Å². The number of carbonyl (C=O) groups is 1. The molecule has 4 N–H and O–H groups in total. The molecule has 4 aliphatic rings. The average Bonchev–Trinajstić information content (AvgIpc) is 2.97. The molecule has 11 nitrogen and oxygen atoms in total. The number of nitrogens with zero attached hydrogens (tertiary/aromatic N) is 3. The van der Waals surface area contributed by atoms with Crippen molar-refractivity contribution in [3.05, 3.63) is 47.5 Å². The molecule has 39 heavy (non-hydrogen) atoms. The third-order valence-electron chi connectivity index (χ3n) is 7.95. The fourth-order valence-corrected chi connectivity index (χ4v) is 5.64. The van der Waals surface area contributed by atoms with Gasteiger partial charge in [-0.2, -0.15) is 0 Å². The van der Waals surface area contributed by atoms with Crippen LogP contribution in [-0.2, 0) is 22.5 Å². The summed E-state index contributed by atoms with van der Waals surface area (Å²) in [4.78, 5) is 24.6. The van der Waals surface area contributed by atoms with Crippen LogP contribution in [0.2, 0.25) is 0 Å². The number of anilines is 1. The molecule has 7 rings (SSSR count). The molecule has 3 aromatic heterocycles. The SMILES string of the molecule is O=C1COc2ccc(CNC34CCC(C(O)Cc5c(F)cnc6ccc(OCCO)nc56)(CC3)OC4)nc2N1. The number of hydrogen-bond acceptors (Lipinski definition) is 10. The standard InChI is InChI=1S/C27H30FN5O6/c28-18-13-29-19-2-4-23(37-10-9-34)33-24(19)17(18)11-21(35)27-7-5-26(6-8-27,15-39-27)30-12-16-1-3-20-25(31-16)32-22(36)14-38-20/h1-4,13,21,30,34-35H,5-12,14-15H2,(H,31,32,36). The van der Waals surface area contributed by atoms with Crippen LogP contribution >= 0.6 is 0 Å². The van der Waals surface area contributed by atoms with Gasteiger partial charge in [0, 0.05) is 30.1 Å². The second kappa shape index (κ2) is 10.3. The molecule has 2 saturated heterocycles. The van der Waals surface area contributed by atoms with Crippen molar-refractivity contribution in [3.8, 4) is 11.6 Å². The fourth-order valence-electron chi connectivity index (χ4n) is 5.64. The van der Waals surface area contributed by atoms with Crippen LogP contribution in [0.15, 0.2) is 30.5 Å². The Morgan fingerprint density at radius 1 is 1.18 bits per heavy atom. The van der Waals surface area contributed by atoms with E-state index in [9.17, 15) is 14.3 Å². The maximum atomic E-state index is 14.9. The van der Waals surface area contributed by atoms with Crippen LogP contribution in [0.4, 0.5) is 10.2 Å². The normalized spacial score (nSPS) is 24.6. The van der Waals surface area contributed by atoms with Crippen molar-refractivity contribution >= 4 is 22.8 Å². The number of pyridine rings is 3. The molecule has 206 valence electrons. The second-order valence-electron chi connectivity index (χ2n) is 10.4. The number of rotatable bonds is 9. The Morgan fingerprint density at radius 3 is 2.79 bits per heavy atom. The highest BCUT2D eigenvalue weighted by Gasteiger charge is 2.53. The molecule has 2 bridgehead atoms. The van der Waals surface area contributed by atoms with Gasteiger partial charge in [-0.05, 0) is 43.9 Å². The maximum absolute atomic E-state index is 14.9. The molecule has 6 heterocycles. The summed E-state index contributed by atoms with van der Waals surface area (Å²) in [7, 11) is 0. The van der Waals surface area contributed by atoms with Gasteiger partial charge in [0.2, 0.25) is 5.88 Å². The van der Waals surface area contributed by atoms with Crippen molar-refractivity contribution in [2.75, 3.05) is 31.7 Å². The summed E-state index contributed by atoms with van der Waals surface area (Å²) in [6.45, 7) is 0.786. The summed E-state index contributed by atoms with van der Waals surface area (Å²) < 4.78 is 32.0. The Hall–Kier alpha value is -3.45. The lowest BCUT2D eigenvalue weighted by Crippen LogP contribution is -2.65. The summed E-state index contributed by atoms with van der Waals surface area (Å²) >= 11 is 0. The van der Waals surface area contributed by atoms with Gasteiger partial charge < -0.3 is 35.1 Å². The van der Waals surface area contributed by atoms with Crippen molar-refractivity contribution in [2.24, 2.45) is 0 Å². The molecular formula is C27H30FN5O6. The number of aliphatic hydroxyl groups is 2. The summed E-state index contributed by atoms with van der Waals surface area (Å²) in [5, 5.41) is 26.7. The predicted molar refractivity (Wildman–Crippen MR) is 137 cm³/mol. The predicted octanol–water partition coefficient (Wildman–Crippen LogP) is 1.64. The van der Waals surface area contributed by atoms with Crippen LogP contribution in [0, 0.1) is 5.82 Å². The van der Waals surface area contributed by atoms with E-state index < -0.39 is 17.5 Å². The van der Waals surface area contributed by atoms with E-state index in [4.69, 9.17) is 19.3 Å². The molecule has 3 fully saturated rings. The molecule has 3 aromatic rings. The molecule has 0 aromatic carbocycles. The average molecular weight is 540 g/mol. The van der Waals surface area contributed by atoms with Crippen molar-refractivity contribution in [1.29, 1.82) is 0 Å². The van der Waals surface area contributed by atoms with Crippen molar-refractivity contribution < 1.29 is 33.6 Å². The molecule has 1 saturated carbocycles. The van der Waals surface area contributed by atoms with Gasteiger partial charge in [0.1, 0.15) is 12.4 Å². The Labute approximate surface area is 223 Å². The Morgan fingerprint density at radius 2 is 2.03 bits per heavy atom. The highest BCUT2D eigenvalue weighted by molar-refractivity contribution is 5.94. The van der Waals surface area contributed by atoms with E-state index in [1.54, 1.807) is 18.2 Å². The number of ether oxygens (including phenoxy) is 3. The van der Waals surface area contributed by atoms with E-state index in [0.717, 1.165) is 24.7 Å². The quantitative estimate of drug-likeness (QED) is 0.316. The fraction of sp³-hybridized carbons (Fsp3) is 0.481. The van der Waals surface area contributed by atoms with Gasteiger partial charge in [-0.3, -0.25) is 9.78 Å². The third-order valence-corrected chi connectivity index (χ3v) is 7.95. The number of halogens is 1. The van der Waals surface area contributed by atoms with E-state index in [2.05, 4.69) is 25.6 Å². The van der Waals surface area contributed by atoms with E-state index >= 15 is 0 Å². The van der Waals surface area contributed by atoms with E-state index in [-0.39, 0.29) is 49.1 Å². The van der Waals surface area contributed by atoms with Gasteiger partial charge in [-0.15, -0.1) is 0 Å². The molecular weight excluding hydrogens is 509 g/mol. The van der Waals surface area contributed by atoms with Gasteiger partial charge in [0.15, 0.2) is 18.2 Å². The minimum absolute atomic E-state index is 0.0129. The van der Waals surface area contributed by atoms with Crippen molar-refractivity contribution in [1.82, 2.24) is 20.3 Å². The first-order valence-electron chi connectivity index (χ1n) is 13.1. The Balaban J connectivity index is 1.12. The highest BCUT2D eigenvalue weighted by Crippen LogP contribution is 2.46. The molecule has 1 amide bonds. The maximum Gasteiger partial charge on any atom is 0.263 e. The number of carbonyl (C=O) groups excluding carboxylic acids is 1. The lowest BCUT2D eigenvalue weighted by molar-refractivity contribution is -0.208. The second-order valence-corrected chi connectivity index (χ2v) is 10.4. The van der Waals surface area contributed by atoms with E-state index in [1.807, 2.05) is 6.07 Å². The number of nitrogens with one attached hydrogen (secondary N) is 2. The lowest BCUT2D eigenvalue weighted by Gasteiger charge is -2.55. The first kappa shape index (κ1) is 25.8. The Bertz CT molecular complexity index is 1380. The van der Waals surface area contributed by atoms with Gasteiger partial charge in [0.05, 0.1) is 47.8 Å². The molecule has 3 aliphatic heterocycles. The molecule has 1 aliphatic carbocycles. The third kappa shape index (κ3) is 5.00. The zero-order chi connectivity index (χ0) is 27.0. The van der Waals surface area contributed by atoms with Crippen LogP contribution in [0.1, 0.15) is 36.9 Å². The largest absolute Gasteiger partial charge is 0.480 e. The number of aromatic nitrogens is 3. The van der Waals surface area contributed by atoms with E-state index in [1.165, 1.54) is 0 Å². The van der Waals surface area contributed by atoms with Crippen molar-refractivity contribution in [3.63, 3.8) is 0 Å². The highest BCUT2D eigenvalue weighted by atomic mass is 19.1.